The van der Waals surface area contributed by atoms with Crippen LogP contribution in [0.4, 0.5) is 5.13 Å². The van der Waals surface area contributed by atoms with Gasteiger partial charge in [0, 0.05) is 10.9 Å². The molecule has 1 aromatic carbocycles. The number of sulfone groups is 1. The summed E-state index contributed by atoms with van der Waals surface area (Å²) in [5.41, 5.74) is 1.78. The predicted molar refractivity (Wildman–Crippen MR) is 82.9 cm³/mol. The van der Waals surface area contributed by atoms with Crippen molar-refractivity contribution in [3.8, 4) is 11.3 Å². The molecule has 5 nitrogen and oxygen atoms in total. The lowest BCUT2D eigenvalue weighted by atomic mass is 10.1. The number of hydrogen-bond donors (Lipinski definition) is 1. The highest BCUT2D eigenvalue weighted by atomic mass is 32.2. The third-order valence-electron chi connectivity index (χ3n) is 3.41. The van der Waals surface area contributed by atoms with Gasteiger partial charge in [0.1, 0.15) is 0 Å². The van der Waals surface area contributed by atoms with Crippen molar-refractivity contribution < 1.29 is 13.2 Å². The molecule has 0 saturated carbocycles. The number of rotatable bonds is 3. The number of carbonyl (C=O) groups excluding carboxylic acids is 1. The molecule has 1 saturated heterocycles. The molecule has 7 heteroatoms. The lowest BCUT2D eigenvalue weighted by Gasteiger charge is -2.06. The first kappa shape index (κ1) is 14.2. The minimum atomic E-state index is -3.05. The third kappa shape index (κ3) is 3.30. The second-order valence-corrected chi connectivity index (χ2v) is 8.08. The Morgan fingerprint density at radius 2 is 2.05 bits per heavy atom. The van der Waals surface area contributed by atoms with Crippen molar-refractivity contribution in [3.63, 3.8) is 0 Å². The topological polar surface area (TPSA) is 76.1 Å². The van der Waals surface area contributed by atoms with Gasteiger partial charge in [-0.15, -0.1) is 11.3 Å². The number of nitrogens with one attached hydrogen (secondary N) is 1. The van der Waals surface area contributed by atoms with Crippen LogP contribution >= 0.6 is 11.3 Å². The van der Waals surface area contributed by atoms with Crippen LogP contribution < -0.4 is 5.32 Å². The molecule has 1 fully saturated rings. The van der Waals surface area contributed by atoms with Crippen LogP contribution in [0.15, 0.2) is 35.7 Å². The van der Waals surface area contributed by atoms with Gasteiger partial charge in [0.2, 0.25) is 5.91 Å². The highest BCUT2D eigenvalue weighted by Gasteiger charge is 2.33. The molecular formula is C14H14N2O3S2. The second-order valence-electron chi connectivity index (χ2n) is 4.99. The number of amides is 1. The molecule has 3 rings (SSSR count). The van der Waals surface area contributed by atoms with Crippen molar-refractivity contribution in [2.45, 2.75) is 6.42 Å². The number of thiazole rings is 1. The monoisotopic (exact) mass is 322 g/mol. The Labute approximate surface area is 127 Å². The van der Waals surface area contributed by atoms with Crippen molar-refractivity contribution >= 4 is 32.2 Å². The van der Waals surface area contributed by atoms with Crippen molar-refractivity contribution in [2.75, 3.05) is 16.8 Å². The molecule has 1 atom stereocenters. The van der Waals surface area contributed by atoms with E-state index in [1.54, 1.807) is 0 Å². The Morgan fingerprint density at radius 1 is 1.29 bits per heavy atom. The van der Waals surface area contributed by atoms with Crippen LogP contribution in [0.3, 0.4) is 0 Å². The maximum absolute atomic E-state index is 12.0. The van der Waals surface area contributed by atoms with Crippen molar-refractivity contribution in [1.82, 2.24) is 4.98 Å². The summed E-state index contributed by atoms with van der Waals surface area (Å²) in [5, 5.41) is 5.09. The number of anilines is 1. The van der Waals surface area contributed by atoms with E-state index in [-0.39, 0.29) is 17.4 Å². The van der Waals surface area contributed by atoms with E-state index in [1.807, 2.05) is 35.7 Å². The Bertz CT molecular complexity index is 754. The molecular weight excluding hydrogens is 308 g/mol. The number of nitrogens with zero attached hydrogens (tertiary/aromatic N) is 1. The van der Waals surface area contributed by atoms with E-state index >= 15 is 0 Å². The van der Waals surface area contributed by atoms with Crippen molar-refractivity contribution in [1.29, 1.82) is 0 Å². The van der Waals surface area contributed by atoms with Gasteiger partial charge in [-0.3, -0.25) is 4.79 Å². The van der Waals surface area contributed by atoms with E-state index in [2.05, 4.69) is 10.3 Å². The van der Waals surface area contributed by atoms with Gasteiger partial charge < -0.3 is 5.32 Å². The number of carbonyl (C=O) groups is 1. The first-order valence-corrected chi connectivity index (χ1v) is 9.26. The summed E-state index contributed by atoms with van der Waals surface area (Å²) in [4.78, 5) is 16.4. The first-order valence-electron chi connectivity index (χ1n) is 6.56. The predicted octanol–water partition coefficient (Wildman–Crippen LogP) is 2.18. The molecule has 0 aliphatic carbocycles. The molecule has 21 heavy (non-hydrogen) atoms. The number of benzene rings is 1. The highest BCUT2D eigenvalue weighted by Crippen LogP contribution is 2.26. The largest absolute Gasteiger partial charge is 0.302 e. The van der Waals surface area contributed by atoms with Gasteiger partial charge in [0.15, 0.2) is 15.0 Å². The summed E-state index contributed by atoms with van der Waals surface area (Å²) in [6, 6.07) is 9.68. The summed E-state index contributed by atoms with van der Waals surface area (Å²) in [6.45, 7) is 0. The van der Waals surface area contributed by atoms with Gasteiger partial charge in [-0.05, 0) is 6.42 Å². The smallest absolute Gasteiger partial charge is 0.230 e. The quantitative estimate of drug-likeness (QED) is 0.940. The fraction of sp³-hybridized carbons (Fsp3) is 0.286. The zero-order chi connectivity index (χ0) is 14.9. The van der Waals surface area contributed by atoms with Crippen LogP contribution in [0.25, 0.3) is 11.3 Å². The molecule has 1 aromatic heterocycles. The zero-order valence-corrected chi connectivity index (χ0v) is 12.8. The van der Waals surface area contributed by atoms with Gasteiger partial charge >= 0.3 is 0 Å². The number of aromatic nitrogens is 1. The SMILES string of the molecule is O=C(Nc1nc(-c2ccccc2)cs1)[C@@H]1CCS(=O)(=O)C1. The van der Waals surface area contributed by atoms with E-state index < -0.39 is 15.8 Å². The molecule has 110 valence electrons. The Hall–Kier alpha value is -1.73. The average Bonchev–Trinajstić information content (AvgIpc) is 3.06. The molecule has 1 aliphatic heterocycles. The lowest BCUT2D eigenvalue weighted by molar-refractivity contribution is -0.119. The minimum Gasteiger partial charge on any atom is -0.302 e. The Balaban J connectivity index is 1.69. The lowest BCUT2D eigenvalue weighted by Crippen LogP contribution is -2.23. The molecule has 0 bridgehead atoms. The molecule has 0 radical (unpaired) electrons. The number of hydrogen-bond acceptors (Lipinski definition) is 5. The van der Waals surface area contributed by atoms with Gasteiger partial charge in [0.25, 0.3) is 0 Å². The molecule has 2 aromatic rings. The molecule has 2 heterocycles. The fourth-order valence-electron chi connectivity index (χ4n) is 2.28. The van der Waals surface area contributed by atoms with Crippen LogP contribution in [0.5, 0.6) is 0 Å². The van der Waals surface area contributed by atoms with Crippen LogP contribution in [-0.2, 0) is 14.6 Å². The van der Waals surface area contributed by atoms with Gasteiger partial charge in [-0.25, -0.2) is 13.4 Å². The standard InChI is InChI=1S/C14H14N2O3S2/c17-13(11-6-7-21(18,19)9-11)16-14-15-12(8-20-14)10-4-2-1-3-5-10/h1-5,8,11H,6-7,9H2,(H,15,16,17)/t11-/m1/s1. The van der Waals surface area contributed by atoms with Crippen LogP contribution in [0.2, 0.25) is 0 Å². The molecule has 1 aliphatic rings. The van der Waals surface area contributed by atoms with E-state index in [0.29, 0.717) is 11.6 Å². The summed E-state index contributed by atoms with van der Waals surface area (Å²) in [7, 11) is -3.05. The maximum Gasteiger partial charge on any atom is 0.230 e. The van der Waals surface area contributed by atoms with E-state index in [0.717, 1.165) is 11.3 Å². The summed E-state index contributed by atoms with van der Waals surface area (Å²) < 4.78 is 22.8. The zero-order valence-electron chi connectivity index (χ0n) is 11.2. The minimum absolute atomic E-state index is 0.0598. The normalized spacial score (nSPS) is 20.3. The van der Waals surface area contributed by atoms with Gasteiger partial charge in [0.05, 0.1) is 23.1 Å². The highest BCUT2D eigenvalue weighted by molar-refractivity contribution is 7.91. The van der Waals surface area contributed by atoms with E-state index in [4.69, 9.17) is 0 Å². The third-order valence-corrected chi connectivity index (χ3v) is 5.93. The maximum atomic E-state index is 12.0. The Kier molecular flexibility index (Phi) is 3.77. The molecule has 0 spiro atoms. The average molecular weight is 322 g/mol. The summed E-state index contributed by atoms with van der Waals surface area (Å²) in [6.07, 6.45) is 0.394. The van der Waals surface area contributed by atoms with Crippen molar-refractivity contribution in [2.24, 2.45) is 5.92 Å². The van der Waals surface area contributed by atoms with Crippen LogP contribution in [-0.4, -0.2) is 30.8 Å². The second kappa shape index (κ2) is 5.57. The fourth-order valence-corrected chi connectivity index (χ4v) is 4.75. The van der Waals surface area contributed by atoms with Crippen LogP contribution in [0, 0.1) is 5.92 Å². The molecule has 0 unspecified atom stereocenters. The molecule has 1 N–H and O–H groups in total. The van der Waals surface area contributed by atoms with E-state index in [9.17, 15) is 13.2 Å². The summed E-state index contributed by atoms with van der Waals surface area (Å²) >= 11 is 1.34. The van der Waals surface area contributed by atoms with Gasteiger partial charge in [-0.2, -0.15) is 0 Å². The first-order chi connectivity index (χ1) is 10.0. The van der Waals surface area contributed by atoms with Crippen molar-refractivity contribution in [3.05, 3.63) is 35.7 Å². The van der Waals surface area contributed by atoms with Crippen LogP contribution in [0.1, 0.15) is 6.42 Å². The van der Waals surface area contributed by atoms with E-state index in [1.165, 1.54) is 11.3 Å². The van der Waals surface area contributed by atoms with Gasteiger partial charge in [-0.1, -0.05) is 30.3 Å². The Morgan fingerprint density at radius 3 is 2.71 bits per heavy atom. The molecule has 1 amide bonds. The summed E-state index contributed by atoms with van der Waals surface area (Å²) in [5.74, 6) is -0.683.